The molecule has 37 heavy (non-hydrogen) atoms. The van der Waals surface area contributed by atoms with Gasteiger partial charge in [-0.25, -0.2) is 0 Å². The Balaban J connectivity index is 1.45. The summed E-state index contributed by atoms with van der Waals surface area (Å²) < 4.78 is 0. The first-order valence-electron chi connectivity index (χ1n) is 13.3. The van der Waals surface area contributed by atoms with Crippen molar-refractivity contribution in [3.63, 3.8) is 0 Å². The van der Waals surface area contributed by atoms with Crippen LogP contribution < -0.4 is 0 Å². The molecule has 0 spiro atoms. The van der Waals surface area contributed by atoms with Gasteiger partial charge in [0.25, 0.3) is 0 Å². The molecule has 2 aliphatic carbocycles. The van der Waals surface area contributed by atoms with Crippen molar-refractivity contribution in [2.45, 2.75) is 32.1 Å². The maximum Gasteiger partial charge on any atom is 0.0713 e. The predicted octanol–water partition coefficient (Wildman–Crippen LogP) is 8.94. The van der Waals surface area contributed by atoms with E-state index in [4.69, 9.17) is 0 Å². The lowest BCUT2D eigenvalue weighted by molar-refractivity contribution is 0.767. The molecule has 5 aromatic rings. The van der Waals surface area contributed by atoms with E-state index in [1.807, 2.05) is 0 Å². The third kappa shape index (κ3) is 3.36. The van der Waals surface area contributed by atoms with Crippen molar-refractivity contribution in [3.8, 4) is 11.1 Å². The average molecular weight is 475 g/mol. The molecule has 0 N–H and O–H groups in total. The molecule has 0 fully saturated rings. The molecule has 0 saturated carbocycles. The molecule has 0 unspecified atom stereocenters. The number of aryl methyl sites for hydroxylation is 4. The van der Waals surface area contributed by atoms with Crippen LogP contribution in [0.5, 0.6) is 0 Å². The monoisotopic (exact) mass is 474 g/mol. The van der Waals surface area contributed by atoms with Crippen LogP contribution in [0, 0.1) is 13.8 Å². The maximum atomic E-state index is 2.42. The first kappa shape index (κ1) is 22.1. The Morgan fingerprint density at radius 2 is 1.22 bits per heavy atom. The lowest BCUT2D eigenvalue weighted by Crippen LogP contribution is -2.28. The summed E-state index contributed by atoms with van der Waals surface area (Å²) in [4.78, 5) is 0. The zero-order chi connectivity index (χ0) is 25.0. The van der Waals surface area contributed by atoms with E-state index in [1.165, 1.54) is 79.6 Å². The maximum absolute atomic E-state index is 2.42. The molecule has 0 aliphatic heterocycles. The van der Waals surface area contributed by atoms with Gasteiger partial charge in [-0.05, 0) is 94.0 Å². The number of hydrogen-bond acceptors (Lipinski definition) is 0. The highest BCUT2D eigenvalue weighted by molar-refractivity contribution is 5.86. The summed E-state index contributed by atoms with van der Waals surface area (Å²) in [7, 11) is 0. The molecule has 0 nitrogen and oxygen atoms in total. The van der Waals surface area contributed by atoms with Gasteiger partial charge >= 0.3 is 0 Å². The quantitative estimate of drug-likeness (QED) is 0.224. The number of rotatable bonds is 4. The Bertz CT molecular complexity index is 1630. The Morgan fingerprint density at radius 3 is 1.86 bits per heavy atom. The van der Waals surface area contributed by atoms with Crippen molar-refractivity contribution in [1.82, 2.24) is 0 Å². The van der Waals surface area contributed by atoms with Crippen LogP contribution in [0.2, 0.25) is 0 Å². The summed E-state index contributed by atoms with van der Waals surface area (Å²) in [5.74, 6) is 0. The van der Waals surface area contributed by atoms with Gasteiger partial charge in [-0.1, -0.05) is 121 Å². The van der Waals surface area contributed by atoms with Gasteiger partial charge < -0.3 is 0 Å². The van der Waals surface area contributed by atoms with Gasteiger partial charge in [0.2, 0.25) is 0 Å². The topological polar surface area (TPSA) is 0 Å². The molecule has 7 rings (SSSR count). The molecule has 0 atom stereocenters. The summed E-state index contributed by atoms with van der Waals surface area (Å²) >= 11 is 0. The molecule has 2 aliphatic rings. The number of hydrogen-bond donors (Lipinski definition) is 0. The van der Waals surface area contributed by atoms with E-state index in [-0.39, 0.29) is 5.41 Å². The van der Waals surface area contributed by atoms with Crippen LogP contribution in [0.25, 0.3) is 23.3 Å². The minimum Gasteiger partial charge on any atom is -0.0619 e. The molecule has 0 heteroatoms. The predicted molar refractivity (Wildman–Crippen MR) is 156 cm³/mol. The molecule has 5 aromatic carbocycles. The highest BCUT2D eigenvalue weighted by atomic mass is 14.5. The summed E-state index contributed by atoms with van der Waals surface area (Å²) in [6.07, 6.45) is 7.02. The van der Waals surface area contributed by atoms with Crippen LogP contribution in [0.15, 0.2) is 109 Å². The van der Waals surface area contributed by atoms with Gasteiger partial charge in [-0.15, -0.1) is 0 Å². The van der Waals surface area contributed by atoms with Crippen LogP contribution in [-0.4, -0.2) is 0 Å². The van der Waals surface area contributed by atoms with Crippen LogP contribution in [0.4, 0.5) is 0 Å². The van der Waals surface area contributed by atoms with Crippen LogP contribution in [-0.2, 0) is 18.3 Å². The Labute approximate surface area is 220 Å². The van der Waals surface area contributed by atoms with Gasteiger partial charge in [0.1, 0.15) is 0 Å². The standard InChI is InChI=1S/C37H30/c1-25-11-20-31(21-12-25)37(35-9-5-3-7-33(35)34-8-4-6-10-36(34)37)32-22-13-26(2)29(24-32)17-15-27-14-16-28-18-19-30(28)23-27/h3-17,20-24H,18-19H2,1-2H3. The molecule has 0 saturated heterocycles. The molecular formula is C37H30. The van der Waals surface area contributed by atoms with Gasteiger partial charge in [-0.2, -0.15) is 0 Å². The van der Waals surface area contributed by atoms with Crippen molar-refractivity contribution in [2.24, 2.45) is 0 Å². The molecular weight excluding hydrogens is 444 g/mol. The third-order valence-corrected chi connectivity index (χ3v) is 8.50. The van der Waals surface area contributed by atoms with Crippen LogP contribution in [0.1, 0.15) is 55.6 Å². The second-order valence-corrected chi connectivity index (χ2v) is 10.6. The summed E-state index contributed by atoms with van der Waals surface area (Å²) in [6.45, 7) is 4.38. The fourth-order valence-electron chi connectivity index (χ4n) is 6.39. The SMILES string of the molecule is Cc1ccc(C2(c3ccc(C)c(C=Cc4ccc5c(c4)CC5)c3)c3ccccc3-c3ccccc32)cc1. The summed E-state index contributed by atoms with van der Waals surface area (Å²) in [5.41, 5.74) is 15.8. The molecule has 0 radical (unpaired) electrons. The van der Waals surface area contributed by atoms with Crippen molar-refractivity contribution in [3.05, 3.63) is 165 Å². The molecule has 178 valence electrons. The number of benzene rings is 5. The van der Waals surface area contributed by atoms with Crippen LogP contribution >= 0.6 is 0 Å². The van der Waals surface area contributed by atoms with Crippen molar-refractivity contribution < 1.29 is 0 Å². The molecule has 0 aromatic heterocycles. The molecule has 0 bridgehead atoms. The van der Waals surface area contributed by atoms with E-state index in [1.54, 1.807) is 0 Å². The zero-order valence-corrected chi connectivity index (χ0v) is 21.5. The van der Waals surface area contributed by atoms with Gasteiger partial charge in [0.15, 0.2) is 0 Å². The van der Waals surface area contributed by atoms with Crippen molar-refractivity contribution in [2.75, 3.05) is 0 Å². The van der Waals surface area contributed by atoms with E-state index in [0.29, 0.717) is 0 Å². The molecule has 0 heterocycles. The fraction of sp³-hybridized carbons (Fsp3) is 0.135. The smallest absolute Gasteiger partial charge is 0.0619 e. The minimum absolute atomic E-state index is 0.354. The van der Waals surface area contributed by atoms with Gasteiger partial charge in [0, 0.05) is 0 Å². The average Bonchev–Trinajstić information content (AvgIpc) is 3.21. The van der Waals surface area contributed by atoms with Crippen molar-refractivity contribution >= 4 is 12.2 Å². The largest absolute Gasteiger partial charge is 0.0713 e. The van der Waals surface area contributed by atoms with Gasteiger partial charge in [0.05, 0.1) is 5.41 Å². The minimum atomic E-state index is -0.354. The fourth-order valence-corrected chi connectivity index (χ4v) is 6.39. The summed E-state index contributed by atoms with van der Waals surface area (Å²) in [5, 5.41) is 0. The lowest BCUT2D eigenvalue weighted by atomic mass is 9.67. The Kier molecular flexibility index (Phi) is 5.04. The third-order valence-electron chi connectivity index (χ3n) is 8.50. The first-order chi connectivity index (χ1) is 18.1. The zero-order valence-electron chi connectivity index (χ0n) is 21.5. The Hall–Kier alpha value is -4.16. The first-order valence-corrected chi connectivity index (χ1v) is 13.3. The second-order valence-electron chi connectivity index (χ2n) is 10.6. The summed E-state index contributed by atoms with van der Waals surface area (Å²) in [6, 6.07) is 41.0. The number of fused-ring (bicyclic) bond motifs is 4. The van der Waals surface area contributed by atoms with E-state index in [2.05, 4.69) is 135 Å². The normalized spacial score (nSPS) is 14.6. The lowest BCUT2D eigenvalue weighted by Gasteiger charge is -2.34. The second kappa shape index (κ2) is 8.46. The highest BCUT2D eigenvalue weighted by Gasteiger charge is 2.45. The van der Waals surface area contributed by atoms with E-state index in [9.17, 15) is 0 Å². The molecule has 0 amide bonds. The van der Waals surface area contributed by atoms with E-state index in [0.717, 1.165) is 0 Å². The van der Waals surface area contributed by atoms with Crippen molar-refractivity contribution in [1.29, 1.82) is 0 Å². The van der Waals surface area contributed by atoms with Gasteiger partial charge in [-0.3, -0.25) is 0 Å². The highest BCUT2D eigenvalue weighted by Crippen LogP contribution is 2.56. The van der Waals surface area contributed by atoms with E-state index >= 15 is 0 Å². The van der Waals surface area contributed by atoms with Crippen LogP contribution in [0.3, 0.4) is 0 Å². The Morgan fingerprint density at radius 1 is 0.568 bits per heavy atom. The van der Waals surface area contributed by atoms with E-state index < -0.39 is 0 Å².